The molecule has 1 aromatic heterocycles. The first-order valence-corrected chi connectivity index (χ1v) is 7.53. The normalized spacial score (nSPS) is 11.0. The minimum atomic E-state index is 0.586. The van der Waals surface area contributed by atoms with Gasteiger partial charge >= 0.3 is 0 Å². The van der Waals surface area contributed by atoms with Crippen LogP contribution in [0.3, 0.4) is 0 Å². The van der Waals surface area contributed by atoms with Gasteiger partial charge in [-0.1, -0.05) is 11.6 Å². The minimum Gasteiger partial charge on any atom is -0.439 e. The van der Waals surface area contributed by atoms with E-state index in [1.165, 1.54) is 0 Å². The van der Waals surface area contributed by atoms with Crippen molar-refractivity contribution in [3.05, 3.63) is 46.6 Å². The molecule has 0 spiro atoms. The van der Waals surface area contributed by atoms with Crippen LogP contribution < -0.4 is 4.74 Å². The second-order valence-corrected chi connectivity index (χ2v) is 5.53. The first-order chi connectivity index (χ1) is 10.5. The summed E-state index contributed by atoms with van der Waals surface area (Å²) in [7, 11) is 1.98. The summed E-state index contributed by atoms with van der Waals surface area (Å²) in [6.45, 7) is 6.87. The lowest BCUT2D eigenvalue weighted by Crippen LogP contribution is -2.14. The highest BCUT2D eigenvalue weighted by molar-refractivity contribution is 6.30. The lowest BCUT2D eigenvalue weighted by molar-refractivity contribution is 0.458. The molecule has 0 fully saturated rings. The summed E-state index contributed by atoms with van der Waals surface area (Å²) in [5, 5.41) is 0.679. The lowest BCUT2D eigenvalue weighted by Gasteiger charge is -2.11. The molecule has 2 rings (SSSR count). The number of pyridine rings is 1. The van der Waals surface area contributed by atoms with E-state index in [9.17, 15) is 0 Å². The fraction of sp³-hybridized carbons (Fsp3) is 0.294. The number of nitrogens with zero attached hydrogens (tertiary/aromatic N) is 3. The second-order valence-electron chi connectivity index (χ2n) is 5.09. The van der Waals surface area contributed by atoms with Crippen LogP contribution in [0.5, 0.6) is 11.6 Å². The third kappa shape index (κ3) is 4.21. The molecule has 1 aromatic carbocycles. The Morgan fingerprint density at radius 1 is 1.27 bits per heavy atom. The van der Waals surface area contributed by atoms with Crippen molar-refractivity contribution in [2.75, 3.05) is 13.6 Å². The van der Waals surface area contributed by atoms with E-state index in [-0.39, 0.29) is 0 Å². The SMILES string of the molecule is CCN(C)/C=N/c1cc(C)c(Oc2ccc(Cl)cc2)nc1C. The first-order valence-electron chi connectivity index (χ1n) is 7.15. The van der Waals surface area contributed by atoms with E-state index in [1.807, 2.05) is 50.3 Å². The molecule has 0 radical (unpaired) electrons. The van der Waals surface area contributed by atoms with Gasteiger partial charge in [-0.2, -0.15) is 0 Å². The maximum atomic E-state index is 5.87. The summed E-state index contributed by atoms with van der Waals surface area (Å²) in [5.41, 5.74) is 2.61. The Bertz CT molecular complexity index is 668. The van der Waals surface area contributed by atoms with Crippen molar-refractivity contribution in [1.82, 2.24) is 9.88 Å². The molecule has 0 amide bonds. The van der Waals surface area contributed by atoms with E-state index in [4.69, 9.17) is 16.3 Å². The van der Waals surface area contributed by atoms with Crippen LogP contribution in [0.4, 0.5) is 5.69 Å². The monoisotopic (exact) mass is 317 g/mol. The number of rotatable bonds is 5. The van der Waals surface area contributed by atoms with Crippen molar-refractivity contribution in [2.45, 2.75) is 20.8 Å². The van der Waals surface area contributed by atoms with Gasteiger partial charge in [0.05, 0.1) is 17.7 Å². The number of aliphatic imine (C=N–C) groups is 1. The fourth-order valence-electron chi connectivity index (χ4n) is 1.76. The Balaban J connectivity index is 2.22. The first kappa shape index (κ1) is 16.3. The van der Waals surface area contributed by atoms with Gasteiger partial charge in [-0.3, -0.25) is 0 Å². The average molecular weight is 318 g/mol. The maximum Gasteiger partial charge on any atom is 0.222 e. The van der Waals surface area contributed by atoms with Crippen molar-refractivity contribution < 1.29 is 4.74 Å². The van der Waals surface area contributed by atoms with Gasteiger partial charge in [-0.05, 0) is 51.1 Å². The fourth-order valence-corrected chi connectivity index (χ4v) is 1.89. The summed E-state index contributed by atoms with van der Waals surface area (Å²) < 4.78 is 5.81. The van der Waals surface area contributed by atoms with Gasteiger partial charge in [0.25, 0.3) is 0 Å². The minimum absolute atomic E-state index is 0.586. The second kappa shape index (κ2) is 7.27. The molecule has 0 aliphatic rings. The largest absolute Gasteiger partial charge is 0.439 e. The maximum absolute atomic E-state index is 5.87. The van der Waals surface area contributed by atoms with Crippen molar-refractivity contribution in [1.29, 1.82) is 0 Å². The Hall–Kier alpha value is -2.07. The zero-order chi connectivity index (χ0) is 16.1. The molecule has 0 aliphatic carbocycles. The average Bonchev–Trinajstić information content (AvgIpc) is 2.51. The molecule has 0 N–H and O–H groups in total. The van der Waals surface area contributed by atoms with Crippen LogP contribution >= 0.6 is 11.6 Å². The molecule has 0 saturated carbocycles. The van der Waals surface area contributed by atoms with Gasteiger partial charge in [0, 0.05) is 24.2 Å². The van der Waals surface area contributed by atoms with E-state index >= 15 is 0 Å². The van der Waals surface area contributed by atoms with Crippen LogP contribution in [0.1, 0.15) is 18.2 Å². The molecule has 4 nitrogen and oxygen atoms in total. The zero-order valence-electron chi connectivity index (χ0n) is 13.3. The van der Waals surface area contributed by atoms with Crippen molar-refractivity contribution in [2.24, 2.45) is 4.99 Å². The molecule has 2 aromatic rings. The van der Waals surface area contributed by atoms with E-state index in [2.05, 4.69) is 16.9 Å². The van der Waals surface area contributed by atoms with Crippen LogP contribution in [-0.4, -0.2) is 29.8 Å². The number of halogens is 1. The van der Waals surface area contributed by atoms with Crippen molar-refractivity contribution in [3.8, 4) is 11.6 Å². The highest BCUT2D eigenvalue weighted by atomic mass is 35.5. The van der Waals surface area contributed by atoms with Crippen LogP contribution in [0.2, 0.25) is 5.02 Å². The lowest BCUT2D eigenvalue weighted by atomic mass is 10.2. The van der Waals surface area contributed by atoms with Gasteiger partial charge in [0.15, 0.2) is 0 Å². The van der Waals surface area contributed by atoms with Gasteiger partial charge in [0.1, 0.15) is 5.75 Å². The molecule has 22 heavy (non-hydrogen) atoms. The Morgan fingerprint density at radius 2 is 1.95 bits per heavy atom. The van der Waals surface area contributed by atoms with Gasteiger partial charge in [0.2, 0.25) is 5.88 Å². The summed E-state index contributed by atoms with van der Waals surface area (Å²) in [5.74, 6) is 1.30. The number of hydrogen-bond acceptors (Lipinski definition) is 3. The topological polar surface area (TPSA) is 37.7 Å². The highest BCUT2D eigenvalue weighted by Gasteiger charge is 2.08. The molecular formula is C17H20ClN3O. The smallest absolute Gasteiger partial charge is 0.222 e. The molecule has 5 heteroatoms. The number of aryl methyl sites for hydroxylation is 2. The molecule has 0 atom stereocenters. The summed E-state index contributed by atoms with van der Waals surface area (Å²) in [6, 6.07) is 9.20. The summed E-state index contributed by atoms with van der Waals surface area (Å²) >= 11 is 5.87. The molecule has 1 heterocycles. The third-order valence-corrected chi connectivity index (χ3v) is 3.50. The van der Waals surface area contributed by atoms with Gasteiger partial charge < -0.3 is 9.64 Å². The van der Waals surface area contributed by atoms with Crippen LogP contribution in [0.25, 0.3) is 0 Å². The number of hydrogen-bond donors (Lipinski definition) is 0. The van der Waals surface area contributed by atoms with Crippen molar-refractivity contribution in [3.63, 3.8) is 0 Å². The Morgan fingerprint density at radius 3 is 2.59 bits per heavy atom. The highest BCUT2D eigenvalue weighted by Crippen LogP contribution is 2.28. The van der Waals surface area contributed by atoms with E-state index < -0.39 is 0 Å². The molecule has 0 bridgehead atoms. The number of ether oxygens (including phenoxy) is 1. The quantitative estimate of drug-likeness (QED) is 0.589. The van der Waals surface area contributed by atoms with Gasteiger partial charge in [-0.25, -0.2) is 9.98 Å². The molecular weight excluding hydrogens is 298 g/mol. The van der Waals surface area contributed by atoms with Crippen LogP contribution in [0.15, 0.2) is 35.3 Å². The summed E-state index contributed by atoms with van der Waals surface area (Å²) in [4.78, 5) is 11.0. The Labute approximate surface area is 136 Å². The van der Waals surface area contributed by atoms with Gasteiger partial charge in [-0.15, -0.1) is 0 Å². The molecule has 0 aliphatic heterocycles. The van der Waals surface area contributed by atoms with E-state index in [0.717, 1.165) is 23.5 Å². The number of benzene rings is 1. The molecule has 0 saturated heterocycles. The predicted molar refractivity (Wildman–Crippen MR) is 91.7 cm³/mol. The standard InChI is InChI=1S/C17H20ClN3O/c1-5-21(4)11-19-16-10-12(2)17(20-13(16)3)22-15-8-6-14(18)7-9-15/h6-11H,5H2,1-4H3/b19-11+. The zero-order valence-corrected chi connectivity index (χ0v) is 14.1. The molecule has 116 valence electrons. The number of aromatic nitrogens is 1. The molecule has 0 unspecified atom stereocenters. The Kier molecular flexibility index (Phi) is 5.39. The van der Waals surface area contributed by atoms with E-state index in [0.29, 0.717) is 16.7 Å². The van der Waals surface area contributed by atoms with Crippen LogP contribution in [-0.2, 0) is 0 Å². The summed E-state index contributed by atoms with van der Waals surface area (Å²) in [6.07, 6.45) is 1.81. The predicted octanol–water partition coefficient (Wildman–Crippen LogP) is 4.76. The van der Waals surface area contributed by atoms with E-state index in [1.54, 1.807) is 12.1 Å². The van der Waals surface area contributed by atoms with Crippen molar-refractivity contribution >= 4 is 23.6 Å². The third-order valence-electron chi connectivity index (χ3n) is 3.25. The van der Waals surface area contributed by atoms with Crippen LogP contribution in [0, 0.1) is 13.8 Å².